The van der Waals surface area contributed by atoms with Crippen LogP contribution in [-0.4, -0.2) is 18.1 Å². The van der Waals surface area contributed by atoms with Crippen LogP contribution in [0.5, 0.6) is 0 Å². The first kappa shape index (κ1) is 11.9. The molecule has 0 fully saturated rings. The molecule has 0 atom stereocenters. The van der Waals surface area contributed by atoms with Crippen molar-refractivity contribution < 1.29 is 0 Å². The Bertz CT molecular complexity index is 617. The van der Waals surface area contributed by atoms with Crippen LogP contribution in [0, 0.1) is 0 Å². The molecule has 0 aliphatic carbocycles. The fraction of sp³-hybridized carbons (Fsp3) is 0.188. The first-order valence-corrected chi connectivity index (χ1v) is 6.56. The molecule has 0 saturated carbocycles. The maximum atomic E-state index is 5.75. The van der Waals surface area contributed by atoms with E-state index in [-0.39, 0.29) is 0 Å². The van der Waals surface area contributed by atoms with Crippen molar-refractivity contribution in [2.75, 3.05) is 18.8 Å². The number of rotatable bonds is 2. The Labute approximate surface area is 113 Å². The number of anilines is 1. The summed E-state index contributed by atoms with van der Waals surface area (Å²) in [5.74, 6) is 0.559. The Balaban J connectivity index is 1.98. The Hall–Kier alpha value is -2.13. The monoisotopic (exact) mass is 251 g/mol. The van der Waals surface area contributed by atoms with Crippen LogP contribution < -0.4 is 11.1 Å². The van der Waals surface area contributed by atoms with Gasteiger partial charge in [-0.2, -0.15) is 0 Å². The third-order valence-electron chi connectivity index (χ3n) is 3.36. The number of pyridine rings is 1. The van der Waals surface area contributed by atoms with E-state index in [1.54, 1.807) is 0 Å². The van der Waals surface area contributed by atoms with E-state index in [4.69, 9.17) is 5.73 Å². The van der Waals surface area contributed by atoms with E-state index in [0.717, 1.165) is 30.8 Å². The van der Waals surface area contributed by atoms with Gasteiger partial charge in [0.2, 0.25) is 0 Å². The van der Waals surface area contributed by atoms with Crippen molar-refractivity contribution in [2.24, 2.45) is 0 Å². The molecule has 1 aromatic heterocycles. The predicted molar refractivity (Wildman–Crippen MR) is 79.5 cm³/mol. The summed E-state index contributed by atoms with van der Waals surface area (Å²) in [5, 5.41) is 3.33. The molecule has 3 nitrogen and oxygen atoms in total. The van der Waals surface area contributed by atoms with Gasteiger partial charge in [-0.1, -0.05) is 30.3 Å². The lowest BCUT2D eigenvalue weighted by molar-refractivity contribution is 0.738. The van der Waals surface area contributed by atoms with Crippen LogP contribution in [0.1, 0.15) is 12.0 Å². The van der Waals surface area contributed by atoms with Gasteiger partial charge in [0.25, 0.3) is 0 Å². The summed E-state index contributed by atoms with van der Waals surface area (Å²) in [6.45, 7) is 2.00. The fourth-order valence-corrected chi connectivity index (χ4v) is 2.38. The Morgan fingerprint density at radius 2 is 1.89 bits per heavy atom. The minimum Gasteiger partial charge on any atom is -0.384 e. The highest BCUT2D eigenvalue weighted by Gasteiger charge is 2.07. The molecule has 0 bridgehead atoms. The minimum absolute atomic E-state index is 0.559. The molecule has 3 heteroatoms. The van der Waals surface area contributed by atoms with Gasteiger partial charge in [-0.05, 0) is 42.3 Å². The van der Waals surface area contributed by atoms with E-state index in [9.17, 15) is 0 Å². The zero-order valence-corrected chi connectivity index (χ0v) is 10.8. The molecule has 2 aromatic rings. The van der Waals surface area contributed by atoms with Gasteiger partial charge >= 0.3 is 0 Å². The minimum atomic E-state index is 0.559. The molecular weight excluding hydrogens is 234 g/mol. The van der Waals surface area contributed by atoms with Crippen LogP contribution in [-0.2, 0) is 0 Å². The van der Waals surface area contributed by atoms with Gasteiger partial charge in [-0.25, -0.2) is 4.98 Å². The van der Waals surface area contributed by atoms with Gasteiger partial charge in [0, 0.05) is 12.1 Å². The Morgan fingerprint density at radius 3 is 2.68 bits per heavy atom. The summed E-state index contributed by atoms with van der Waals surface area (Å²) in [6, 6.07) is 14.3. The molecule has 96 valence electrons. The second-order valence-electron chi connectivity index (χ2n) is 4.71. The SMILES string of the molecule is Nc1cccc(-c2cccc(C3=CCNCC3)c2)n1. The summed E-state index contributed by atoms with van der Waals surface area (Å²) in [7, 11) is 0. The van der Waals surface area contributed by atoms with Gasteiger partial charge in [0.05, 0.1) is 5.69 Å². The normalized spacial score (nSPS) is 15.1. The van der Waals surface area contributed by atoms with Crippen LogP contribution in [0.2, 0.25) is 0 Å². The molecule has 1 aliphatic rings. The predicted octanol–water partition coefficient (Wildman–Crippen LogP) is 2.71. The number of benzene rings is 1. The lowest BCUT2D eigenvalue weighted by Crippen LogP contribution is -2.19. The van der Waals surface area contributed by atoms with E-state index in [0.29, 0.717) is 5.82 Å². The first-order chi connectivity index (χ1) is 9.33. The van der Waals surface area contributed by atoms with Crippen molar-refractivity contribution in [3.8, 4) is 11.3 Å². The van der Waals surface area contributed by atoms with Gasteiger partial charge < -0.3 is 11.1 Å². The highest BCUT2D eigenvalue weighted by Crippen LogP contribution is 2.25. The van der Waals surface area contributed by atoms with Gasteiger partial charge in [-0.15, -0.1) is 0 Å². The van der Waals surface area contributed by atoms with Crippen molar-refractivity contribution in [1.29, 1.82) is 0 Å². The van der Waals surface area contributed by atoms with Crippen LogP contribution in [0.25, 0.3) is 16.8 Å². The average Bonchev–Trinajstić information content (AvgIpc) is 2.48. The van der Waals surface area contributed by atoms with Gasteiger partial charge in [0.1, 0.15) is 5.82 Å². The standard InChI is InChI=1S/C16H17N3/c17-16-6-2-5-15(19-16)14-4-1-3-13(11-14)12-7-9-18-10-8-12/h1-7,11,18H,8-10H2,(H2,17,19). The summed E-state index contributed by atoms with van der Waals surface area (Å²) < 4.78 is 0. The molecule has 0 radical (unpaired) electrons. The van der Waals surface area contributed by atoms with Gasteiger partial charge in [0.15, 0.2) is 0 Å². The summed E-state index contributed by atoms with van der Waals surface area (Å²) in [4.78, 5) is 4.38. The summed E-state index contributed by atoms with van der Waals surface area (Å²) >= 11 is 0. The smallest absolute Gasteiger partial charge is 0.124 e. The third kappa shape index (κ3) is 2.66. The van der Waals surface area contributed by atoms with Gasteiger partial charge in [-0.3, -0.25) is 0 Å². The third-order valence-corrected chi connectivity index (χ3v) is 3.36. The van der Waals surface area contributed by atoms with E-state index < -0.39 is 0 Å². The van der Waals surface area contributed by atoms with E-state index in [1.165, 1.54) is 11.1 Å². The van der Waals surface area contributed by atoms with Crippen molar-refractivity contribution in [2.45, 2.75) is 6.42 Å². The zero-order chi connectivity index (χ0) is 13.1. The molecular formula is C16H17N3. The molecule has 0 amide bonds. The maximum absolute atomic E-state index is 5.75. The fourth-order valence-electron chi connectivity index (χ4n) is 2.38. The molecule has 2 heterocycles. The van der Waals surface area contributed by atoms with Crippen molar-refractivity contribution in [3.63, 3.8) is 0 Å². The number of nitrogens with one attached hydrogen (secondary N) is 1. The van der Waals surface area contributed by atoms with Crippen LogP contribution in [0.3, 0.4) is 0 Å². The lowest BCUT2D eigenvalue weighted by Gasteiger charge is -2.15. The quantitative estimate of drug-likeness (QED) is 0.862. The molecule has 1 aliphatic heterocycles. The summed E-state index contributed by atoms with van der Waals surface area (Å²) in [6.07, 6.45) is 3.34. The highest BCUT2D eigenvalue weighted by atomic mass is 14.8. The molecule has 3 rings (SSSR count). The molecule has 1 aromatic carbocycles. The maximum Gasteiger partial charge on any atom is 0.124 e. The highest BCUT2D eigenvalue weighted by molar-refractivity contribution is 5.72. The topological polar surface area (TPSA) is 50.9 Å². The molecule has 3 N–H and O–H groups in total. The largest absolute Gasteiger partial charge is 0.384 e. The molecule has 0 saturated heterocycles. The zero-order valence-electron chi connectivity index (χ0n) is 10.8. The first-order valence-electron chi connectivity index (χ1n) is 6.56. The second kappa shape index (κ2) is 5.24. The number of nitrogens with two attached hydrogens (primary N) is 1. The Kier molecular flexibility index (Phi) is 3.29. The second-order valence-corrected chi connectivity index (χ2v) is 4.71. The number of hydrogen-bond donors (Lipinski definition) is 2. The van der Waals surface area contributed by atoms with Crippen molar-refractivity contribution in [1.82, 2.24) is 10.3 Å². The van der Waals surface area contributed by atoms with E-state index in [1.807, 2.05) is 18.2 Å². The van der Waals surface area contributed by atoms with Crippen molar-refractivity contribution >= 4 is 11.4 Å². The van der Waals surface area contributed by atoms with Crippen LogP contribution in [0.4, 0.5) is 5.82 Å². The van der Waals surface area contributed by atoms with Crippen molar-refractivity contribution in [3.05, 3.63) is 54.1 Å². The van der Waals surface area contributed by atoms with E-state index in [2.05, 4.69) is 40.6 Å². The molecule has 19 heavy (non-hydrogen) atoms. The number of hydrogen-bond acceptors (Lipinski definition) is 3. The number of aromatic nitrogens is 1. The number of nitrogen functional groups attached to an aromatic ring is 1. The summed E-state index contributed by atoms with van der Waals surface area (Å²) in [5.41, 5.74) is 10.5. The number of nitrogens with zero attached hydrogens (tertiary/aromatic N) is 1. The van der Waals surface area contributed by atoms with E-state index >= 15 is 0 Å². The Morgan fingerprint density at radius 1 is 1.05 bits per heavy atom. The molecule has 0 unspecified atom stereocenters. The van der Waals surface area contributed by atoms with Crippen LogP contribution in [0.15, 0.2) is 48.5 Å². The lowest BCUT2D eigenvalue weighted by atomic mass is 9.97. The average molecular weight is 251 g/mol. The molecule has 0 spiro atoms. The van der Waals surface area contributed by atoms with Crippen LogP contribution >= 0.6 is 0 Å².